The zero-order valence-electron chi connectivity index (χ0n) is 12.9. The van der Waals surface area contributed by atoms with Gasteiger partial charge in [0.1, 0.15) is 0 Å². The molecule has 2 saturated carbocycles. The van der Waals surface area contributed by atoms with Crippen molar-refractivity contribution in [3.05, 3.63) is 0 Å². The number of nitrogens with one attached hydrogen (secondary N) is 1. The summed E-state index contributed by atoms with van der Waals surface area (Å²) in [5.41, 5.74) is 0. The van der Waals surface area contributed by atoms with Crippen LogP contribution in [-0.4, -0.2) is 32.5 Å². The van der Waals surface area contributed by atoms with Gasteiger partial charge in [0, 0.05) is 6.04 Å². The van der Waals surface area contributed by atoms with Crippen LogP contribution < -0.4 is 5.32 Å². The molecule has 0 radical (unpaired) electrons. The monoisotopic (exact) mass is 301 g/mol. The Bertz CT molecular complexity index is 374. The third-order valence-corrected chi connectivity index (χ3v) is 6.92. The average Bonchev–Trinajstić information content (AvgIpc) is 3.04. The van der Waals surface area contributed by atoms with Gasteiger partial charge in [0.2, 0.25) is 0 Å². The van der Waals surface area contributed by atoms with Gasteiger partial charge in [0.25, 0.3) is 0 Å². The van der Waals surface area contributed by atoms with Crippen molar-refractivity contribution >= 4 is 9.84 Å². The molecule has 0 aromatic carbocycles. The molecule has 0 spiro atoms. The van der Waals surface area contributed by atoms with E-state index in [1.807, 2.05) is 0 Å². The lowest BCUT2D eigenvalue weighted by molar-refractivity contribution is 0.391. The van der Waals surface area contributed by atoms with Crippen LogP contribution in [0.3, 0.4) is 0 Å². The van der Waals surface area contributed by atoms with Crippen LogP contribution in [0.1, 0.15) is 64.7 Å². The van der Waals surface area contributed by atoms with Crippen LogP contribution in [0.5, 0.6) is 0 Å². The van der Waals surface area contributed by atoms with Crippen LogP contribution in [-0.2, 0) is 9.84 Å². The molecule has 2 fully saturated rings. The van der Waals surface area contributed by atoms with Gasteiger partial charge in [-0.25, -0.2) is 8.42 Å². The van der Waals surface area contributed by atoms with E-state index in [0.29, 0.717) is 29.4 Å². The molecule has 3 nitrogen and oxygen atoms in total. The third kappa shape index (κ3) is 5.03. The summed E-state index contributed by atoms with van der Waals surface area (Å²) in [5.74, 6) is 1.91. The largest absolute Gasteiger partial charge is 0.314 e. The van der Waals surface area contributed by atoms with E-state index in [0.717, 1.165) is 32.2 Å². The Morgan fingerprint density at radius 3 is 2.50 bits per heavy atom. The van der Waals surface area contributed by atoms with Crippen molar-refractivity contribution < 1.29 is 8.42 Å². The Kier molecular flexibility index (Phi) is 6.34. The number of rotatable bonds is 8. The van der Waals surface area contributed by atoms with Crippen molar-refractivity contribution in [1.29, 1.82) is 0 Å². The summed E-state index contributed by atoms with van der Waals surface area (Å²) in [4.78, 5) is 0. The maximum atomic E-state index is 12.2. The van der Waals surface area contributed by atoms with Crippen LogP contribution >= 0.6 is 0 Å². The first-order valence-electron chi connectivity index (χ1n) is 8.54. The van der Waals surface area contributed by atoms with Crippen LogP contribution in [0.2, 0.25) is 0 Å². The normalized spacial score (nSPS) is 28.2. The first-order valence-corrected chi connectivity index (χ1v) is 10.4. The molecule has 2 rings (SSSR count). The van der Waals surface area contributed by atoms with Crippen LogP contribution in [0.25, 0.3) is 0 Å². The second kappa shape index (κ2) is 7.79. The summed E-state index contributed by atoms with van der Waals surface area (Å²) >= 11 is 0. The predicted octanol–water partition coefficient (Wildman–Crippen LogP) is 3.15. The molecule has 0 saturated heterocycles. The minimum Gasteiger partial charge on any atom is -0.314 e. The van der Waals surface area contributed by atoms with Crippen molar-refractivity contribution in [3.63, 3.8) is 0 Å². The van der Waals surface area contributed by atoms with Gasteiger partial charge in [-0.2, -0.15) is 0 Å². The Morgan fingerprint density at radius 2 is 1.80 bits per heavy atom. The smallest absolute Gasteiger partial charge is 0.150 e. The molecule has 4 heteroatoms. The lowest BCUT2D eigenvalue weighted by atomic mass is 10.0. The minimum atomic E-state index is -2.82. The van der Waals surface area contributed by atoms with Gasteiger partial charge in [-0.05, 0) is 56.9 Å². The van der Waals surface area contributed by atoms with Crippen molar-refractivity contribution in [1.82, 2.24) is 5.32 Å². The Balaban J connectivity index is 1.75. The average molecular weight is 301 g/mol. The zero-order valence-corrected chi connectivity index (χ0v) is 13.8. The van der Waals surface area contributed by atoms with Gasteiger partial charge in [0.15, 0.2) is 9.84 Å². The van der Waals surface area contributed by atoms with Gasteiger partial charge < -0.3 is 5.32 Å². The molecule has 1 N–H and O–H groups in total. The van der Waals surface area contributed by atoms with Crippen LogP contribution in [0.4, 0.5) is 0 Å². The molecule has 118 valence electrons. The molecular formula is C16H31NO2S. The van der Waals surface area contributed by atoms with E-state index in [1.54, 1.807) is 0 Å². The predicted molar refractivity (Wildman–Crippen MR) is 84.7 cm³/mol. The Morgan fingerprint density at radius 1 is 1.05 bits per heavy atom. The fourth-order valence-corrected chi connectivity index (χ4v) is 5.81. The second-order valence-corrected chi connectivity index (χ2v) is 9.03. The molecule has 20 heavy (non-hydrogen) atoms. The highest BCUT2D eigenvalue weighted by atomic mass is 32.2. The summed E-state index contributed by atoms with van der Waals surface area (Å²) in [7, 11) is -2.82. The second-order valence-electron chi connectivity index (χ2n) is 6.81. The third-order valence-electron chi connectivity index (χ3n) is 5.08. The van der Waals surface area contributed by atoms with Gasteiger partial charge in [-0.1, -0.05) is 26.2 Å². The molecule has 2 unspecified atom stereocenters. The standard InChI is InChI=1S/C16H31NO2S/c1-2-11-17-16-9-5-8-15(16)10-12-20(18,19)13-14-6-3-4-7-14/h14-17H,2-13H2,1H3. The van der Waals surface area contributed by atoms with E-state index in [-0.39, 0.29) is 0 Å². The van der Waals surface area contributed by atoms with Crippen molar-refractivity contribution in [2.24, 2.45) is 11.8 Å². The summed E-state index contributed by atoms with van der Waals surface area (Å²) < 4.78 is 24.5. The van der Waals surface area contributed by atoms with E-state index in [1.165, 1.54) is 32.1 Å². The molecule has 2 aliphatic rings. The highest BCUT2D eigenvalue weighted by Crippen LogP contribution is 2.30. The fourth-order valence-electron chi connectivity index (χ4n) is 3.93. The van der Waals surface area contributed by atoms with Crippen LogP contribution in [0.15, 0.2) is 0 Å². The first kappa shape index (κ1) is 16.3. The highest BCUT2D eigenvalue weighted by Gasteiger charge is 2.29. The zero-order chi connectivity index (χ0) is 14.4. The van der Waals surface area contributed by atoms with Gasteiger partial charge in [-0.3, -0.25) is 0 Å². The molecule has 0 heterocycles. The fraction of sp³-hybridized carbons (Fsp3) is 1.00. The number of sulfone groups is 1. The van der Waals surface area contributed by atoms with Crippen molar-refractivity contribution in [3.8, 4) is 0 Å². The molecule has 0 aliphatic heterocycles. The molecule has 0 amide bonds. The SMILES string of the molecule is CCCNC1CCCC1CCS(=O)(=O)CC1CCCC1. The molecule has 0 bridgehead atoms. The highest BCUT2D eigenvalue weighted by molar-refractivity contribution is 7.91. The lowest BCUT2D eigenvalue weighted by Gasteiger charge is -2.21. The van der Waals surface area contributed by atoms with Crippen molar-refractivity contribution in [2.45, 2.75) is 70.8 Å². The molecule has 0 aromatic rings. The first-order chi connectivity index (χ1) is 9.61. The summed E-state index contributed by atoms with van der Waals surface area (Å²) in [6.45, 7) is 3.25. The van der Waals surface area contributed by atoms with E-state index in [9.17, 15) is 8.42 Å². The van der Waals surface area contributed by atoms with E-state index < -0.39 is 9.84 Å². The van der Waals surface area contributed by atoms with Crippen LogP contribution in [0, 0.1) is 11.8 Å². The molecular weight excluding hydrogens is 270 g/mol. The van der Waals surface area contributed by atoms with Crippen molar-refractivity contribution in [2.75, 3.05) is 18.1 Å². The quantitative estimate of drug-likeness (QED) is 0.749. The van der Waals surface area contributed by atoms with E-state index in [4.69, 9.17) is 0 Å². The van der Waals surface area contributed by atoms with E-state index in [2.05, 4.69) is 12.2 Å². The van der Waals surface area contributed by atoms with Gasteiger partial charge in [-0.15, -0.1) is 0 Å². The Hall–Kier alpha value is -0.0900. The summed E-state index contributed by atoms with van der Waals surface area (Å²) in [6.07, 6.45) is 10.4. The number of hydrogen-bond donors (Lipinski definition) is 1. The van der Waals surface area contributed by atoms with Gasteiger partial charge >= 0.3 is 0 Å². The summed E-state index contributed by atoms with van der Waals surface area (Å²) in [5, 5.41) is 3.60. The maximum absolute atomic E-state index is 12.2. The maximum Gasteiger partial charge on any atom is 0.150 e. The summed E-state index contributed by atoms with van der Waals surface area (Å²) in [6, 6.07) is 0.566. The van der Waals surface area contributed by atoms with Gasteiger partial charge in [0.05, 0.1) is 11.5 Å². The topological polar surface area (TPSA) is 46.2 Å². The Labute approximate surface area is 124 Å². The molecule has 2 atom stereocenters. The lowest BCUT2D eigenvalue weighted by Crippen LogP contribution is -2.34. The number of hydrogen-bond acceptors (Lipinski definition) is 3. The molecule has 2 aliphatic carbocycles. The molecule has 0 aromatic heterocycles. The van der Waals surface area contributed by atoms with E-state index >= 15 is 0 Å². The minimum absolute atomic E-state index is 0.415.